The third-order valence-corrected chi connectivity index (χ3v) is 3.90. The number of nitrogens with two attached hydrogens (primary N) is 1. The molecule has 0 heterocycles. The third kappa shape index (κ3) is 4.62. The molecule has 0 spiro atoms. The molecule has 122 valence electrons. The van der Waals surface area contributed by atoms with Crippen LogP contribution in [0, 0.1) is 0 Å². The molecule has 1 saturated carbocycles. The number of nitrogens with one attached hydrogen (secondary N) is 2. The van der Waals surface area contributed by atoms with E-state index in [1.165, 1.54) is 12.1 Å². The summed E-state index contributed by atoms with van der Waals surface area (Å²) in [5.74, 6) is 0. The lowest BCUT2D eigenvalue weighted by Crippen LogP contribution is -2.52. The number of benzene rings is 1. The number of hydrogen-bond donors (Lipinski definition) is 3. The van der Waals surface area contributed by atoms with Crippen molar-refractivity contribution < 1.29 is 18.0 Å². The van der Waals surface area contributed by atoms with Gasteiger partial charge in [0.2, 0.25) is 0 Å². The van der Waals surface area contributed by atoms with E-state index in [0.29, 0.717) is 6.54 Å². The van der Waals surface area contributed by atoms with Gasteiger partial charge in [-0.05, 0) is 31.0 Å². The molecule has 0 aromatic heterocycles. The van der Waals surface area contributed by atoms with Crippen molar-refractivity contribution in [2.75, 3.05) is 11.9 Å². The van der Waals surface area contributed by atoms with Crippen molar-refractivity contribution in [3.05, 3.63) is 29.8 Å². The van der Waals surface area contributed by atoms with Crippen molar-refractivity contribution in [3.63, 3.8) is 0 Å². The lowest BCUT2D eigenvalue weighted by molar-refractivity contribution is -0.137. The number of anilines is 1. The largest absolute Gasteiger partial charge is 0.416 e. The molecule has 0 bridgehead atoms. The van der Waals surface area contributed by atoms with Crippen LogP contribution >= 0.6 is 0 Å². The fourth-order valence-corrected chi connectivity index (χ4v) is 2.64. The van der Waals surface area contributed by atoms with Crippen molar-refractivity contribution in [2.45, 2.75) is 43.8 Å². The van der Waals surface area contributed by atoms with Gasteiger partial charge < -0.3 is 16.4 Å². The Balaban J connectivity index is 1.89. The van der Waals surface area contributed by atoms with Crippen LogP contribution in [-0.2, 0) is 6.18 Å². The van der Waals surface area contributed by atoms with Gasteiger partial charge in [0.05, 0.1) is 5.56 Å². The molecule has 0 aliphatic heterocycles. The van der Waals surface area contributed by atoms with Crippen LogP contribution < -0.4 is 16.4 Å². The standard InChI is InChI=1S/C15H20F3N3O/c16-15(17,18)11-5-4-6-12(9-11)21-13(22)20-10-14(19)7-2-1-3-8-14/h4-6,9H,1-3,7-8,10,19H2,(H2,20,21,22). The second-order valence-electron chi connectivity index (χ2n) is 5.81. The number of halogens is 3. The number of alkyl halides is 3. The Bertz CT molecular complexity index is 525. The van der Waals surface area contributed by atoms with Gasteiger partial charge in [-0.1, -0.05) is 25.3 Å². The monoisotopic (exact) mass is 315 g/mol. The summed E-state index contributed by atoms with van der Waals surface area (Å²) in [4.78, 5) is 11.8. The number of hydrogen-bond acceptors (Lipinski definition) is 2. The van der Waals surface area contributed by atoms with Crippen molar-refractivity contribution in [2.24, 2.45) is 5.73 Å². The fraction of sp³-hybridized carbons (Fsp3) is 0.533. The molecule has 0 saturated heterocycles. The van der Waals surface area contributed by atoms with E-state index in [1.807, 2.05) is 0 Å². The molecule has 0 radical (unpaired) electrons. The Morgan fingerprint density at radius 2 is 1.91 bits per heavy atom. The van der Waals surface area contributed by atoms with Gasteiger partial charge in [-0.3, -0.25) is 0 Å². The number of amides is 2. The minimum absolute atomic E-state index is 0.0991. The zero-order valence-corrected chi connectivity index (χ0v) is 12.2. The maximum atomic E-state index is 12.6. The molecule has 1 fully saturated rings. The Kier molecular flexibility index (Phi) is 4.95. The first kappa shape index (κ1) is 16.6. The summed E-state index contributed by atoms with van der Waals surface area (Å²) < 4.78 is 37.8. The summed E-state index contributed by atoms with van der Waals surface area (Å²) in [5.41, 5.74) is 5.08. The van der Waals surface area contributed by atoms with Gasteiger partial charge in [0, 0.05) is 17.8 Å². The van der Waals surface area contributed by atoms with E-state index in [0.717, 1.165) is 44.2 Å². The molecule has 0 atom stereocenters. The summed E-state index contributed by atoms with van der Waals surface area (Å²) in [5, 5.41) is 5.05. The Morgan fingerprint density at radius 1 is 1.23 bits per heavy atom. The van der Waals surface area contributed by atoms with Crippen molar-refractivity contribution in [1.82, 2.24) is 5.32 Å². The van der Waals surface area contributed by atoms with Gasteiger partial charge in [0.15, 0.2) is 0 Å². The van der Waals surface area contributed by atoms with Gasteiger partial charge in [-0.2, -0.15) is 13.2 Å². The molecule has 2 amide bonds. The number of urea groups is 1. The molecule has 1 aliphatic rings. The summed E-state index contributed by atoms with van der Waals surface area (Å²) >= 11 is 0. The van der Waals surface area contributed by atoms with Gasteiger partial charge in [-0.25, -0.2) is 4.79 Å². The van der Waals surface area contributed by atoms with Crippen molar-refractivity contribution in [1.29, 1.82) is 0 Å². The topological polar surface area (TPSA) is 67.1 Å². The molecule has 7 heteroatoms. The van der Waals surface area contributed by atoms with Crippen LogP contribution in [0.1, 0.15) is 37.7 Å². The van der Waals surface area contributed by atoms with Crippen LogP contribution in [0.15, 0.2) is 24.3 Å². The first-order chi connectivity index (χ1) is 10.3. The number of rotatable bonds is 3. The van der Waals surface area contributed by atoms with E-state index in [9.17, 15) is 18.0 Å². The van der Waals surface area contributed by atoms with E-state index in [-0.39, 0.29) is 5.69 Å². The second-order valence-corrected chi connectivity index (χ2v) is 5.81. The average molecular weight is 315 g/mol. The molecule has 1 aliphatic carbocycles. The highest BCUT2D eigenvalue weighted by Crippen LogP contribution is 2.30. The fourth-order valence-electron chi connectivity index (χ4n) is 2.64. The van der Waals surface area contributed by atoms with Crippen LogP contribution in [0.3, 0.4) is 0 Å². The minimum Gasteiger partial charge on any atom is -0.336 e. The number of carbonyl (C=O) groups excluding carboxylic acids is 1. The summed E-state index contributed by atoms with van der Waals surface area (Å²) in [6.45, 7) is 0.317. The number of carbonyl (C=O) groups is 1. The second kappa shape index (κ2) is 6.56. The highest BCUT2D eigenvalue weighted by atomic mass is 19.4. The zero-order chi connectivity index (χ0) is 16.2. The third-order valence-electron chi connectivity index (χ3n) is 3.90. The first-order valence-corrected chi connectivity index (χ1v) is 7.30. The Morgan fingerprint density at radius 3 is 2.55 bits per heavy atom. The summed E-state index contributed by atoms with van der Waals surface area (Å²) in [6.07, 6.45) is 0.474. The van der Waals surface area contributed by atoms with Crippen molar-refractivity contribution in [3.8, 4) is 0 Å². The first-order valence-electron chi connectivity index (χ1n) is 7.30. The van der Waals surface area contributed by atoms with E-state index >= 15 is 0 Å². The van der Waals surface area contributed by atoms with E-state index in [2.05, 4.69) is 10.6 Å². The molecular weight excluding hydrogens is 295 g/mol. The SMILES string of the molecule is NC1(CNC(=O)Nc2cccc(C(F)(F)F)c2)CCCCC1. The van der Waals surface area contributed by atoms with Gasteiger partial charge in [-0.15, -0.1) is 0 Å². The molecular formula is C15H20F3N3O. The quantitative estimate of drug-likeness (QED) is 0.799. The Labute approximate surface area is 127 Å². The van der Waals surface area contributed by atoms with Crippen LogP contribution in [0.4, 0.5) is 23.7 Å². The summed E-state index contributed by atoms with van der Waals surface area (Å²) in [7, 11) is 0. The zero-order valence-electron chi connectivity index (χ0n) is 12.2. The van der Waals surface area contributed by atoms with Crippen molar-refractivity contribution >= 4 is 11.7 Å². The molecule has 22 heavy (non-hydrogen) atoms. The van der Waals surface area contributed by atoms with Gasteiger partial charge in [0.25, 0.3) is 0 Å². The highest BCUT2D eigenvalue weighted by molar-refractivity contribution is 5.89. The van der Waals surface area contributed by atoms with Crippen LogP contribution in [0.5, 0.6) is 0 Å². The van der Waals surface area contributed by atoms with E-state index < -0.39 is 23.3 Å². The maximum Gasteiger partial charge on any atom is 0.416 e. The summed E-state index contributed by atoms with van der Waals surface area (Å²) in [6, 6.07) is 3.98. The predicted octanol–water partition coefficient (Wildman–Crippen LogP) is 3.49. The van der Waals surface area contributed by atoms with Crippen LogP contribution in [-0.4, -0.2) is 18.1 Å². The smallest absolute Gasteiger partial charge is 0.336 e. The molecule has 0 unspecified atom stereocenters. The normalized spacial score (nSPS) is 17.8. The molecule has 1 aromatic carbocycles. The Hall–Kier alpha value is -1.76. The van der Waals surface area contributed by atoms with Crippen LogP contribution in [0.2, 0.25) is 0 Å². The van der Waals surface area contributed by atoms with Gasteiger partial charge >= 0.3 is 12.2 Å². The predicted molar refractivity (Wildman–Crippen MR) is 78.5 cm³/mol. The average Bonchev–Trinajstić information content (AvgIpc) is 2.46. The minimum atomic E-state index is -4.43. The van der Waals surface area contributed by atoms with E-state index in [4.69, 9.17) is 5.73 Å². The molecule has 2 rings (SSSR count). The lowest BCUT2D eigenvalue weighted by atomic mass is 9.82. The molecule has 4 nitrogen and oxygen atoms in total. The van der Waals surface area contributed by atoms with Crippen LogP contribution in [0.25, 0.3) is 0 Å². The lowest BCUT2D eigenvalue weighted by Gasteiger charge is -2.33. The molecule has 4 N–H and O–H groups in total. The van der Waals surface area contributed by atoms with E-state index in [1.54, 1.807) is 0 Å². The molecule has 1 aromatic rings. The maximum absolute atomic E-state index is 12.6. The highest BCUT2D eigenvalue weighted by Gasteiger charge is 2.31. The van der Waals surface area contributed by atoms with Gasteiger partial charge in [0.1, 0.15) is 0 Å².